The molecule has 1 heterocycles. The number of methoxy groups -OCH3 is 1. The quantitative estimate of drug-likeness (QED) is 0.520. The van der Waals surface area contributed by atoms with Crippen LogP contribution in [0, 0.1) is 0 Å². The first-order valence-corrected chi connectivity index (χ1v) is 10.6. The summed E-state index contributed by atoms with van der Waals surface area (Å²) >= 11 is 3.47. The van der Waals surface area contributed by atoms with Crippen LogP contribution in [0.25, 0.3) is 5.57 Å². The van der Waals surface area contributed by atoms with Crippen molar-refractivity contribution in [3.63, 3.8) is 0 Å². The van der Waals surface area contributed by atoms with Gasteiger partial charge in [-0.25, -0.2) is 0 Å². The average Bonchev–Trinajstić information content (AvgIpc) is 3.04. The molecule has 3 aromatic rings. The summed E-state index contributed by atoms with van der Waals surface area (Å²) < 4.78 is 6.22. The third-order valence-corrected chi connectivity index (χ3v) is 5.90. The van der Waals surface area contributed by atoms with Crippen LogP contribution in [0.4, 0.5) is 0 Å². The van der Waals surface area contributed by atoms with Gasteiger partial charge in [0.15, 0.2) is 5.76 Å². The molecule has 0 bridgehead atoms. The van der Waals surface area contributed by atoms with E-state index in [1.54, 1.807) is 12.0 Å². The van der Waals surface area contributed by atoms with Crippen LogP contribution in [0.5, 0.6) is 5.75 Å². The van der Waals surface area contributed by atoms with Crippen LogP contribution >= 0.6 is 15.9 Å². The molecule has 1 atom stereocenters. The molecule has 0 saturated carbocycles. The molecule has 30 heavy (non-hydrogen) atoms. The summed E-state index contributed by atoms with van der Waals surface area (Å²) in [6.45, 7) is 0.507. The van der Waals surface area contributed by atoms with Crippen LogP contribution in [0.1, 0.15) is 22.7 Å². The molecule has 0 aliphatic carbocycles. The fourth-order valence-corrected chi connectivity index (χ4v) is 4.10. The molecule has 0 saturated heterocycles. The molecular formula is C25H22BrNO3. The van der Waals surface area contributed by atoms with Crippen molar-refractivity contribution in [1.29, 1.82) is 0 Å². The normalized spacial score (nSPS) is 16.3. The molecule has 1 aliphatic rings. The van der Waals surface area contributed by atoms with Crippen LogP contribution < -0.4 is 4.74 Å². The molecule has 0 fully saturated rings. The van der Waals surface area contributed by atoms with Gasteiger partial charge in [-0.15, -0.1) is 0 Å². The third kappa shape index (κ3) is 3.98. The largest absolute Gasteiger partial charge is 0.503 e. The number of carbonyl (C=O) groups is 1. The Morgan fingerprint density at radius 3 is 2.27 bits per heavy atom. The lowest BCUT2D eigenvalue weighted by Crippen LogP contribution is -2.32. The second kappa shape index (κ2) is 8.76. The Morgan fingerprint density at radius 1 is 0.967 bits per heavy atom. The smallest absolute Gasteiger partial charge is 0.289 e. The predicted molar refractivity (Wildman–Crippen MR) is 121 cm³/mol. The molecule has 1 aliphatic heterocycles. The van der Waals surface area contributed by atoms with Crippen molar-refractivity contribution in [2.75, 3.05) is 13.7 Å². The van der Waals surface area contributed by atoms with Crippen molar-refractivity contribution in [2.45, 2.75) is 12.5 Å². The van der Waals surface area contributed by atoms with E-state index in [9.17, 15) is 9.90 Å². The van der Waals surface area contributed by atoms with Crippen LogP contribution in [0.2, 0.25) is 0 Å². The minimum atomic E-state index is -0.359. The Kier molecular flexibility index (Phi) is 5.91. The molecule has 5 heteroatoms. The molecule has 4 nitrogen and oxygen atoms in total. The monoisotopic (exact) mass is 463 g/mol. The predicted octanol–water partition coefficient (Wildman–Crippen LogP) is 5.55. The zero-order valence-corrected chi connectivity index (χ0v) is 18.2. The van der Waals surface area contributed by atoms with Gasteiger partial charge in [-0.3, -0.25) is 4.79 Å². The van der Waals surface area contributed by atoms with Crippen molar-refractivity contribution in [3.8, 4) is 5.75 Å². The van der Waals surface area contributed by atoms with Crippen molar-refractivity contribution in [2.24, 2.45) is 0 Å². The van der Waals surface area contributed by atoms with Crippen LogP contribution in [0.3, 0.4) is 0 Å². The van der Waals surface area contributed by atoms with E-state index >= 15 is 0 Å². The van der Waals surface area contributed by atoms with Gasteiger partial charge < -0.3 is 14.7 Å². The fourth-order valence-electron chi connectivity index (χ4n) is 3.84. The number of nitrogens with zero attached hydrogens (tertiary/aromatic N) is 1. The fraction of sp³-hybridized carbons (Fsp3) is 0.160. The molecule has 3 aromatic carbocycles. The zero-order chi connectivity index (χ0) is 21.1. The summed E-state index contributed by atoms with van der Waals surface area (Å²) in [5.74, 6) is 0.190. The van der Waals surface area contributed by atoms with Crippen LogP contribution in [-0.2, 0) is 11.2 Å². The maximum atomic E-state index is 13.1. The third-order valence-electron chi connectivity index (χ3n) is 5.37. The van der Waals surface area contributed by atoms with Crippen molar-refractivity contribution < 1.29 is 14.6 Å². The first kappa shape index (κ1) is 20.2. The Labute approximate surface area is 184 Å². The number of halogens is 1. The Hall–Kier alpha value is -3.05. The van der Waals surface area contributed by atoms with Gasteiger partial charge in [0.2, 0.25) is 0 Å². The van der Waals surface area contributed by atoms with E-state index in [4.69, 9.17) is 4.74 Å². The average molecular weight is 464 g/mol. The lowest BCUT2D eigenvalue weighted by molar-refractivity contribution is -0.129. The summed E-state index contributed by atoms with van der Waals surface area (Å²) in [5, 5.41) is 10.8. The van der Waals surface area contributed by atoms with E-state index in [2.05, 4.69) is 15.9 Å². The maximum Gasteiger partial charge on any atom is 0.289 e. The molecule has 0 aromatic heterocycles. The zero-order valence-electron chi connectivity index (χ0n) is 16.6. The Balaban J connectivity index is 1.72. The van der Waals surface area contributed by atoms with Crippen LogP contribution in [-0.4, -0.2) is 29.6 Å². The van der Waals surface area contributed by atoms with Crippen LogP contribution in [0.15, 0.2) is 89.1 Å². The minimum Gasteiger partial charge on any atom is -0.503 e. The molecule has 1 amide bonds. The van der Waals surface area contributed by atoms with Gasteiger partial charge >= 0.3 is 0 Å². The van der Waals surface area contributed by atoms with Gasteiger partial charge in [0.1, 0.15) is 5.75 Å². The molecule has 1 unspecified atom stereocenters. The highest BCUT2D eigenvalue weighted by atomic mass is 79.9. The van der Waals surface area contributed by atoms with Crippen molar-refractivity contribution >= 4 is 27.4 Å². The van der Waals surface area contributed by atoms with E-state index in [1.807, 2.05) is 78.9 Å². The standard InChI is InChI=1S/C25H22BrNO3/c1-30-21-13-9-18(10-14-21)22-23(19-7-11-20(26)12-8-19)27(25(29)24(22)28)16-15-17-5-3-2-4-6-17/h2-14,23,28H,15-16H2,1H3. The second-order valence-electron chi connectivity index (χ2n) is 7.18. The van der Waals surface area contributed by atoms with Gasteiger partial charge in [0.05, 0.1) is 13.2 Å². The number of hydrogen-bond donors (Lipinski definition) is 1. The maximum absolute atomic E-state index is 13.1. The highest BCUT2D eigenvalue weighted by Crippen LogP contribution is 2.43. The lowest BCUT2D eigenvalue weighted by Gasteiger charge is -2.27. The van der Waals surface area contributed by atoms with E-state index in [0.29, 0.717) is 18.5 Å². The number of hydrogen-bond acceptors (Lipinski definition) is 3. The van der Waals surface area contributed by atoms with E-state index < -0.39 is 0 Å². The molecular weight excluding hydrogens is 442 g/mol. The Morgan fingerprint density at radius 2 is 1.63 bits per heavy atom. The van der Waals surface area contributed by atoms with Crippen molar-refractivity contribution in [3.05, 3.63) is 106 Å². The first-order valence-electron chi connectivity index (χ1n) is 9.76. The number of amides is 1. The molecule has 0 spiro atoms. The SMILES string of the molecule is COc1ccc(C2=C(O)C(=O)N(CCc3ccccc3)C2c2ccc(Br)cc2)cc1. The summed E-state index contributed by atoms with van der Waals surface area (Å²) in [4.78, 5) is 14.8. The van der Waals surface area contributed by atoms with E-state index in [-0.39, 0.29) is 17.7 Å². The van der Waals surface area contributed by atoms with Gasteiger partial charge in [-0.1, -0.05) is 70.5 Å². The van der Waals surface area contributed by atoms with E-state index in [1.165, 1.54) is 0 Å². The highest BCUT2D eigenvalue weighted by Gasteiger charge is 2.40. The van der Waals surface area contributed by atoms with Gasteiger partial charge in [-0.2, -0.15) is 0 Å². The first-order chi connectivity index (χ1) is 14.6. The Bertz CT molecular complexity index is 1060. The van der Waals surface area contributed by atoms with Gasteiger partial charge in [0.25, 0.3) is 5.91 Å². The summed E-state index contributed by atoms with van der Waals surface area (Å²) in [5.41, 5.74) is 3.53. The number of aliphatic hydroxyl groups excluding tert-OH is 1. The minimum absolute atomic E-state index is 0.193. The second-order valence-corrected chi connectivity index (χ2v) is 8.09. The molecule has 1 N–H and O–H groups in total. The molecule has 152 valence electrons. The molecule has 4 rings (SSSR count). The summed E-state index contributed by atoms with van der Waals surface area (Å²) in [6.07, 6.45) is 0.711. The highest BCUT2D eigenvalue weighted by molar-refractivity contribution is 9.10. The van der Waals surface area contributed by atoms with Gasteiger partial charge in [0, 0.05) is 16.6 Å². The lowest BCUT2D eigenvalue weighted by atomic mass is 9.93. The van der Waals surface area contributed by atoms with Gasteiger partial charge in [-0.05, 0) is 47.4 Å². The summed E-state index contributed by atoms with van der Waals surface area (Å²) in [7, 11) is 1.61. The van der Waals surface area contributed by atoms with E-state index in [0.717, 1.165) is 26.9 Å². The number of benzene rings is 3. The number of aliphatic hydroxyl groups is 1. The number of carbonyl (C=O) groups excluding carboxylic acids is 1. The number of ether oxygens (including phenoxy) is 1. The number of rotatable bonds is 6. The topological polar surface area (TPSA) is 49.8 Å². The summed E-state index contributed by atoms with van der Waals surface area (Å²) in [6, 6.07) is 25.0. The molecule has 0 radical (unpaired) electrons. The van der Waals surface area contributed by atoms with Crippen molar-refractivity contribution in [1.82, 2.24) is 4.90 Å².